The van der Waals surface area contributed by atoms with Crippen LogP contribution < -0.4 is 18.5 Å². The molecular formula is C18H25N3O6S2. The molecule has 2 rings (SSSR count). The maximum absolute atomic E-state index is 12.9. The van der Waals surface area contributed by atoms with Gasteiger partial charge in [-0.25, -0.2) is 17.7 Å². The zero-order valence-electron chi connectivity index (χ0n) is 17.5. The van der Waals surface area contributed by atoms with Crippen LogP contribution in [0.3, 0.4) is 0 Å². The molecule has 160 valence electrons. The van der Waals surface area contributed by atoms with Gasteiger partial charge in [0.05, 0.1) is 33.3 Å². The van der Waals surface area contributed by atoms with Crippen molar-refractivity contribution in [2.24, 2.45) is 0 Å². The SMILES string of the molecule is COc1cc(CN(C)C(=O)c2sc(N(C)S(C)(=O)=O)nc2C)cc(OC)c1OC. The fourth-order valence-corrected chi connectivity index (χ4v) is 4.38. The van der Waals surface area contributed by atoms with Crippen LogP contribution in [0.4, 0.5) is 5.13 Å². The van der Waals surface area contributed by atoms with Gasteiger partial charge in [0.2, 0.25) is 15.8 Å². The molecule has 0 unspecified atom stereocenters. The van der Waals surface area contributed by atoms with Gasteiger partial charge in [-0.3, -0.25) is 4.79 Å². The summed E-state index contributed by atoms with van der Waals surface area (Å²) in [5.74, 6) is 1.20. The van der Waals surface area contributed by atoms with Gasteiger partial charge < -0.3 is 19.1 Å². The zero-order valence-corrected chi connectivity index (χ0v) is 19.1. The minimum atomic E-state index is -3.46. The van der Waals surface area contributed by atoms with Gasteiger partial charge in [-0.05, 0) is 24.6 Å². The number of amides is 1. The smallest absolute Gasteiger partial charge is 0.265 e. The molecule has 1 amide bonds. The average molecular weight is 444 g/mol. The fourth-order valence-electron chi connectivity index (χ4n) is 2.60. The molecule has 0 fully saturated rings. The van der Waals surface area contributed by atoms with Crippen molar-refractivity contribution in [1.29, 1.82) is 0 Å². The van der Waals surface area contributed by atoms with E-state index in [-0.39, 0.29) is 17.6 Å². The third kappa shape index (κ3) is 4.91. The van der Waals surface area contributed by atoms with Gasteiger partial charge in [0.1, 0.15) is 4.88 Å². The van der Waals surface area contributed by atoms with Gasteiger partial charge in [-0.1, -0.05) is 11.3 Å². The molecule has 0 N–H and O–H groups in total. The first-order chi connectivity index (χ1) is 13.5. The molecule has 0 atom stereocenters. The number of benzene rings is 1. The number of nitrogens with zero attached hydrogens (tertiary/aromatic N) is 3. The van der Waals surface area contributed by atoms with E-state index in [1.807, 2.05) is 0 Å². The number of methoxy groups -OCH3 is 3. The number of anilines is 1. The van der Waals surface area contributed by atoms with Crippen molar-refractivity contribution in [2.45, 2.75) is 13.5 Å². The number of rotatable bonds is 8. The predicted octanol–water partition coefficient (Wildman–Crippen LogP) is 2.15. The summed E-state index contributed by atoms with van der Waals surface area (Å²) in [5.41, 5.74) is 1.26. The highest BCUT2D eigenvalue weighted by Crippen LogP contribution is 2.38. The number of aromatic nitrogens is 1. The molecule has 0 aliphatic rings. The number of hydrogen-bond acceptors (Lipinski definition) is 8. The van der Waals surface area contributed by atoms with E-state index in [1.54, 1.807) is 26.1 Å². The van der Waals surface area contributed by atoms with Crippen LogP contribution in [0.5, 0.6) is 17.2 Å². The van der Waals surface area contributed by atoms with Crippen molar-refractivity contribution in [1.82, 2.24) is 9.88 Å². The summed E-state index contributed by atoms with van der Waals surface area (Å²) in [7, 11) is 4.17. The van der Waals surface area contributed by atoms with Crippen molar-refractivity contribution in [2.75, 3.05) is 46.0 Å². The third-order valence-corrected chi connectivity index (χ3v) is 6.74. The van der Waals surface area contributed by atoms with E-state index in [0.29, 0.717) is 27.8 Å². The Balaban J connectivity index is 2.29. The average Bonchev–Trinajstić information content (AvgIpc) is 3.06. The number of thiazole rings is 1. The lowest BCUT2D eigenvalue weighted by molar-refractivity contribution is 0.0788. The summed E-state index contributed by atoms with van der Waals surface area (Å²) in [5, 5.41) is 0.245. The van der Waals surface area contributed by atoms with Gasteiger partial charge in [-0.2, -0.15) is 0 Å². The van der Waals surface area contributed by atoms with Crippen LogP contribution >= 0.6 is 11.3 Å². The fraction of sp³-hybridized carbons (Fsp3) is 0.444. The highest BCUT2D eigenvalue weighted by atomic mass is 32.2. The Hall–Kier alpha value is -2.53. The Morgan fingerprint density at radius 2 is 1.66 bits per heavy atom. The lowest BCUT2D eigenvalue weighted by Gasteiger charge is -2.19. The molecule has 2 aromatic rings. The number of carbonyl (C=O) groups excluding carboxylic acids is 1. The summed E-state index contributed by atoms with van der Waals surface area (Å²) < 4.78 is 40.5. The second-order valence-electron chi connectivity index (χ2n) is 6.34. The lowest BCUT2D eigenvalue weighted by Crippen LogP contribution is -2.26. The van der Waals surface area contributed by atoms with Gasteiger partial charge in [0.25, 0.3) is 5.91 Å². The first kappa shape index (κ1) is 22.8. The molecule has 11 heteroatoms. The normalized spacial score (nSPS) is 11.1. The number of carbonyl (C=O) groups is 1. The number of sulfonamides is 1. The van der Waals surface area contributed by atoms with Crippen molar-refractivity contribution in [3.8, 4) is 17.2 Å². The Morgan fingerprint density at radius 3 is 2.10 bits per heavy atom. The Kier molecular flexibility index (Phi) is 6.96. The summed E-state index contributed by atoms with van der Waals surface area (Å²) in [6, 6.07) is 3.54. The molecule has 0 saturated carbocycles. The maximum atomic E-state index is 12.9. The molecule has 1 aromatic carbocycles. The minimum absolute atomic E-state index is 0.245. The van der Waals surface area contributed by atoms with E-state index >= 15 is 0 Å². The van der Waals surface area contributed by atoms with E-state index in [0.717, 1.165) is 27.5 Å². The molecular weight excluding hydrogens is 418 g/mol. The molecule has 0 bridgehead atoms. The van der Waals surface area contributed by atoms with Crippen molar-refractivity contribution in [3.05, 3.63) is 28.3 Å². The molecule has 1 aromatic heterocycles. The van der Waals surface area contributed by atoms with E-state index in [1.165, 1.54) is 33.3 Å². The summed E-state index contributed by atoms with van der Waals surface area (Å²) in [6.45, 7) is 1.96. The van der Waals surface area contributed by atoms with Crippen LogP contribution in [0.1, 0.15) is 20.9 Å². The zero-order chi connectivity index (χ0) is 21.9. The second-order valence-corrected chi connectivity index (χ2v) is 9.33. The minimum Gasteiger partial charge on any atom is -0.493 e. The van der Waals surface area contributed by atoms with Crippen LogP contribution in [0, 0.1) is 6.92 Å². The van der Waals surface area contributed by atoms with Crippen LogP contribution in [-0.2, 0) is 16.6 Å². The van der Waals surface area contributed by atoms with E-state index in [9.17, 15) is 13.2 Å². The standard InChI is InChI=1S/C18H25N3O6S2/c1-11-16(28-18(19-11)21(3)29(7,23)24)17(22)20(2)10-12-8-13(25-4)15(27-6)14(9-12)26-5/h8-9H,10H2,1-7H3. The highest BCUT2D eigenvalue weighted by Gasteiger charge is 2.24. The van der Waals surface area contributed by atoms with Crippen molar-refractivity contribution in [3.63, 3.8) is 0 Å². The quantitative estimate of drug-likeness (QED) is 0.616. The third-order valence-electron chi connectivity index (χ3n) is 4.24. The molecule has 29 heavy (non-hydrogen) atoms. The molecule has 1 heterocycles. The summed E-state index contributed by atoms with van der Waals surface area (Å²) in [6.07, 6.45) is 1.09. The lowest BCUT2D eigenvalue weighted by atomic mass is 10.1. The number of aryl methyl sites for hydroxylation is 1. The largest absolute Gasteiger partial charge is 0.493 e. The van der Waals surface area contributed by atoms with E-state index in [4.69, 9.17) is 14.2 Å². The van der Waals surface area contributed by atoms with E-state index < -0.39 is 10.0 Å². The van der Waals surface area contributed by atoms with Gasteiger partial charge in [0, 0.05) is 20.6 Å². The summed E-state index contributed by atoms with van der Waals surface area (Å²) in [4.78, 5) is 19.1. The molecule has 0 aliphatic carbocycles. The monoisotopic (exact) mass is 443 g/mol. The molecule has 9 nitrogen and oxygen atoms in total. The predicted molar refractivity (Wildman–Crippen MR) is 112 cm³/mol. The second kappa shape index (κ2) is 8.87. The Labute approximate surface area is 174 Å². The van der Waals surface area contributed by atoms with Crippen LogP contribution in [-0.4, -0.2) is 65.9 Å². The molecule has 0 saturated heterocycles. The van der Waals surface area contributed by atoms with Crippen LogP contribution in [0.15, 0.2) is 12.1 Å². The Morgan fingerprint density at radius 1 is 1.10 bits per heavy atom. The van der Waals surface area contributed by atoms with Crippen molar-refractivity contribution >= 4 is 32.4 Å². The van der Waals surface area contributed by atoms with E-state index in [2.05, 4.69) is 4.98 Å². The first-order valence-corrected chi connectivity index (χ1v) is 11.2. The molecule has 0 spiro atoms. The van der Waals surface area contributed by atoms with Crippen LogP contribution in [0.25, 0.3) is 0 Å². The first-order valence-electron chi connectivity index (χ1n) is 8.49. The maximum Gasteiger partial charge on any atom is 0.265 e. The van der Waals surface area contributed by atoms with Crippen molar-refractivity contribution < 1.29 is 27.4 Å². The highest BCUT2D eigenvalue weighted by molar-refractivity contribution is 7.92. The number of ether oxygens (including phenoxy) is 3. The van der Waals surface area contributed by atoms with Gasteiger partial charge >= 0.3 is 0 Å². The van der Waals surface area contributed by atoms with Crippen LogP contribution in [0.2, 0.25) is 0 Å². The Bertz CT molecular complexity index is 978. The topological polar surface area (TPSA) is 98.3 Å². The van der Waals surface area contributed by atoms with Gasteiger partial charge in [-0.15, -0.1) is 0 Å². The number of hydrogen-bond donors (Lipinski definition) is 0. The van der Waals surface area contributed by atoms with Gasteiger partial charge in [0.15, 0.2) is 16.6 Å². The summed E-state index contributed by atoms with van der Waals surface area (Å²) >= 11 is 1.04. The molecule has 0 aliphatic heterocycles. The molecule has 0 radical (unpaired) electrons.